The van der Waals surface area contributed by atoms with E-state index in [-0.39, 0.29) is 5.91 Å². The predicted octanol–water partition coefficient (Wildman–Crippen LogP) is 3.51. The number of amides is 1. The molecule has 2 aromatic rings. The maximum absolute atomic E-state index is 13.0. The number of fused-ring (bicyclic) bond motifs is 1. The van der Waals surface area contributed by atoms with Crippen molar-refractivity contribution in [1.82, 2.24) is 14.4 Å². The van der Waals surface area contributed by atoms with Crippen molar-refractivity contribution in [3.63, 3.8) is 0 Å². The number of rotatable bonds is 2. The van der Waals surface area contributed by atoms with Crippen LogP contribution in [0.5, 0.6) is 0 Å². The van der Waals surface area contributed by atoms with Crippen LogP contribution in [0.1, 0.15) is 42.6 Å². The van der Waals surface area contributed by atoms with Gasteiger partial charge in [-0.25, -0.2) is 0 Å². The Hall–Kier alpha value is -1.81. The Kier molecular flexibility index (Phi) is 4.55. The number of hydrogen-bond acceptors (Lipinski definition) is 2. The van der Waals surface area contributed by atoms with Gasteiger partial charge in [-0.05, 0) is 57.3 Å². The molecule has 3 heterocycles. The van der Waals surface area contributed by atoms with Crippen molar-refractivity contribution in [2.45, 2.75) is 38.1 Å². The van der Waals surface area contributed by atoms with Crippen molar-refractivity contribution in [1.29, 1.82) is 0 Å². The van der Waals surface area contributed by atoms with Crippen LogP contribution in [0.25, 0.3) is 10.9 Å². The maximum Gasteiger partial charge on any atom is 0.270 e. The lowest BCUT2D eigenvalue weighted by Gasteiger charge is -2.42. The summed E-state index contributed by atoms with van der Waals surface area (Å²) in [5, 5.41) is 1.15. The van der Waals surface area contributed by atoms with Crippen LogP contribution < -0.4 is 0 Å². The Bertz CT molecular complexity index is 758. The molecule has 1 amide bonds. The summed E-state index contributed by atoms with van der Waals surface area (Å²) in [4.78, 5) is 17.6. The number of aromatic nitrogens is 1. The number of likely N-dealkylation sites (tertiary alicyclic amines) is 2. The second-order valence-corrected chi connectivity index (χ2v) is 7.82. The second kappa shape index (κ2) is 6.83. The zero-order valence-corrected chi connectivity index (χ0v) is 15.4. The fraction of sp³-hybridized carbons (Fsp3) is 0.571. The van der Waals surface area contributed by atoms with Crippen molar-refractivity contribution in [3.05, 3.63) is 36.0 Å². The molecule has 0 saturated carbocycles. The molecule has 1 atom stereocenters. The summed E-state index contributed by atoms with van der Waals surface area (Å²) < 4.78 is 2.04. The lowest BCUT2D eigenvalue weighted by atomic mass is 9.84. The van der Waals surface area contributed by atoms with Gasteiger partial charge < -0.3 is 14.4 Å². The van der Waals surface area contributed by atoms with Crippen LogP contribution in [0, 0.1) is 5.92 Å². The van der Waals surface area contributed by atoms with E-state index in [2.05, 4.69) is 29.0 Å². The Labute approximate surface area is 150 Å². The van der Waals surface area contributed by atoms with E-state index in [0.29, 0.717) is 0 Å². The van der Waals surface area contributed by atoms with Crippen LogP contribution in [0.4, 0.5) is 0 Å². The third-order valence-corrected chi connectivity index (χ3v) is 6.37. The van der Waals surface area contributed by atoms with E-state index in [1.54, 1.807) is 0 Å². The fourth-order valence-corrected chi connectivity index (χ4v) is 4.84. The first-order chi connectivity index (χ1) is 12.1. The molecule has 0 aliphatic carbocycles. The number of carbonyl (C=O) groups is 1. The maximum atomic E-state index is 13.0. The fourth-order valence-electron chi connectivity index (χ4n) is 4.84. The van der Waals surface area contributed by atoms with E-state index in [9.17, 15) is 4.79 Å². The average molecular weight is 339 g/mol. The zero-order chi connectivity index (χ0) is 17.4. The van der Waals surface area contributed by atoms with Crippen molar-refractivity contribution < 1.29 is 4.79 Å². The number of aryl methyl sites for hydroxylation is 1. The van der Waals surface area contributed by atoms with Gasteiger partial charge in [-0.1, -0.05) is 24.6 Å². The largest absolute Gasteiger partial charge is 0.340 e. The second-order valence-electron chi connectivity index (χ2n) is 7.82. The average Bonchev–Trinajstić information content (AvgIpc) is 2.99. The number of benzene rings is 1. The van der Waals surface area contributed by atoms with Gasteiger partial charge >= 0.3 is 0 Å². The van der Waals surface area contributed by atoms with E-state index in [1.807, 2.05) is 29.8 Å². The summed E-state index contributed by atoms with van der Waals surface area (Å²) in [5.74, 6) is 0.941. The van der Waals surface area contributed by atoms with E-state index >= 15 is 0 Å². The van der Waals surface area contributed by atoms with Crippen molar-refractivity contribution >= 4 is 16.8 Å². The summed E-state index contributed by atoms with van der Waals surface area (Å²) in [6, 6.07) is 11.0. The molecule has 4 rings (SSSR count). The molecule has 4 nitrogen and oxygen atoms in total. The standard InChI is InChI=1S/C21H29N3O/c1-22-12-6-5-8-18(22)16-10-13-24(14-11-16)21(25)20-15-17-7-3-4-9-19(17)23(20)2/h3-4,7,9,15-16,18H,5-6,8,10-14H2,1-2H3. The normalized spacial score (nSPS) is 23.3. The summed E-state index contributed by atoms with van der Waals surface area (Å²) in [5.41, 5.74) is 1.94. The van der Waals surface area contributed by atoms with E-state index in [0.717, 1.165) is 54.5 Å². The molecule has 4 heteroatoms. The molecule has 1 aromatic heterocycles. The first-order valence-electron chi connectivity index (χ1n) is 9.69. The Morgan fingerprint density at radius 2 is 1.76 bits per heavy atom. The Balaban J connectivity index is 1.45. The minimum absolute atomic E-state index is 0.189. The van der Waals surface area contributed by atoms with Gasteiger partial charge in [0.2, 0.25) is 0 Å². The quantitative estimate of drug-likeness (QED) is 0.837. The lowest BCUT2D eigenvalue weighted by molar-refractivity contribution is 0.0547. The summed E-state index contributed by atoms with van der Waals surface area (Å²) in [7, 11) is 4.27. The zero-order valence-electron chi connectivity index (χ0n) is 15.4. The highest BCUT2D eigenvalue weighted by Gasteiger charge is 2.32. The number of carbonyl (C=O) groups excluding carboxylic acids is 1. The molecule has 134 valence electrons. The molecular formula is C21H29N3O. The number of hydrogen-bond donors (Lipinski definition) is 0. The summed E-state index contributed by atoms with van der Waals surface area (Å²) >= 11 is 0. The van der Waals surface area contributed by atoms with E-state index < -0.39 is 0 Å². The molecular weight excluding hydrogens is 310 g/mol. The highest BCUT2D eigenvalue weighted by Crippen LogP contribution is 2.30. The molecule has 0 radical (unpaired) electrons. The molecule has 25 heavy (non-hydrogen) atoms. The Morgan fingerprint density at radius 3 is 2.48 bits per heavy atom. The minimum Gasteiger partial charge on any atom is -0.340 e. The molecule has 2 aliphatic rings. The smallest absolute Gasteiger partial charge is 0.270 e. The van der Waals surface area contributed by atoms with Gasteiger partial charge in [0.1, 0.15) is 5.69 Å². The molecule has 2 saturated heterocycles. The SMILES string of the molecule is CN1CCCCC1C1CCN(C(=O)c2cc3ccccc3n2C)CC1. The van der Waals surface area contributed by atoms with Crippen molar-refractivity contribution in [2.24, 2.45) is 13.0 Å². The summed E-state index contributed by atoms with van der Waals surface area (Å²) in [6.07, 6.45) is 6.32. The van der Waals surface area contributed by atoms with Crippen LogP contribution in [0.3, 0.4) is 0 Å². The van der Waals surface area contributed by atoms with Crippen LogP contribution in [-0.4, -0.2) is 53.0 Å². The van der Waals surface area contributed by atoms with E-state index in [4.69, 9.17) is 0 Å². The molecule has 0 spiro atoms. The van der Waals surface area contributed by atoms with Gasteiger partial charge in [0.25, 0.3) is 5.91 Å². The number of piperidine rings is 2. The van der Waals surface area contributed by atoms with Gasteiger partial charge in [-0.3, -0.25) is 4.79 Å². The highest BCUT2D eigenvalue weighted by molar-refractivity contribution is 5.98. The van der Waals surface area contributed by atoms with Gasteiger partial charge in [0.05, 0.1) is 0 Å². The Morgan fingerprint density at radius 1 is 1.00 bits per heavy atom. The van der Waals surface area contributed by atoms with Gasteiger partial charge in [-0.2, -0.15) is 0 Å². The van der Waals surface area contributed by atoms with Gasteiger partial charge in [0.15, 0.2) is 0 Å². The first-order valence-corrected chi connectivity index (χ1v) is 9.69. The molecule has 2 fully saturated rings. The molecule has 0 bridgehead atoms. The van der Waals surface area contributed by atoms with Crippen LogP contribution in [0.15, 0.2) is 30.3 Å². The van der Waals surface area contributed by atoms with Gasteiger partial charge in [-0.15, -0.1) is 0 Å². The highest BCUT2D eigenvalue weighted by atomic mass is 16.2. The number of nitrogens with zero attached hydrogens (tertiary/aromatic N) is 3. The molecule has 1 aromatic carbocycles. The molecule has 0 N–H and O–H groups in total. The minimum atomic E-state index is 0.189. The van der Waals surface area contributed by atoms with Crippen molar-refractivity contribution in [2.75, 3.05) is 26.7 Å². The lowest BCUT2D eigenvalue weighted by Crippen LogP contribution is -2.47. The molecule has 1 unspecified atom stereocenters. The van der Waals surface area contributed by atoms with E-state index in [1.165, 1.54) is 25.8 Å². The number of para-hydroxylation sites is 1. The van der Waals surface area contributed by atoms with Crippen LogP contribution >= 0.6 is 0 Å². The van der Waals surface area contributed by atoms with Crippen molar-refractivity contribution in [3.8, 4) is 0 Å². The van der Waals surface area contributed by atoms with Gasteiger partial charge in [0, 0.05) is 37.1 Å². The third-order valence-electron chi connectivity index (χ3n) is 6.37. The topological polar surface area (TPSA) is 28.5 Å². The van der Waals surface area contributed by atoms with Crippen LogP contribution in [-0.2, 0) is 7.05 Å². The first kappa shape index (κ1) is 16.6. The summed E-state index contributed by atoms with van der Waals surface area (Å²) in [6.45, 7) is 3.03. The predicted molar refractivity (Wildman–Crippen MR) is 102 cm³/mol. The monoisotopic (exact) mass is 339 g/mol. The third kappa shape index (κ3) is 3.08. The molecule has 2 aliphatic heterocycles. The van der Waals surface area contributed by atoms with Crippen LogP contribution in [0.2, 0.25) is 0 Å².